The quantitative estimate of drug-likeness (QED) is 0.0234. The highest BCUT2D eigenvalue weighted by Crippen LogP contribution is 2.32. The summed E-state index contributed by atoms with van der Waals surface area (Å²) in [5.74, 6) is 0.294. The lowest BCUT2D eigenvalue weighted by molar-refractivity contribution is 0.0121. The monoisotopic (exact) mass is 1470 g/mol. The molecule has 104 heavy (non-hydrogen) atoms. The Morgan fingerprint density at radius 2 is 0.702 bits per heavy atom. The van der Waals surface area contributed by atoms with Crippen LogP contribution in [0.1, 0.15) is 165 Å². The van der Waals surface area contributed by atoms with Crippen molar-refractivity contribution in [2.24, 2.45) is 45.3 Å². The van der Waals surface area contributed by atoms with E-state index < -0.39 is 86.2 Å². The number of ether oxygens (including phenoxy) is 7. The molecule has 0 fully saturated rings. The van der Waals surface area contributed by atoms with Crippen molar-refractivity contribution in [3.8, 4) is 0 Å². The van der Waals surface area contributed by atoms with Crippen LogP contribution in [-0.2, 0) is 33.2 Å². The molecule has 33 heteroatoms. The van der Waals surface area contributed by atoms with E-state index >= 15 is 0 Å². The molecule has 1 aromatic carbocycles. The number of aromatic nitrogens is 4. The number of urea groups is 2. The molecule has 0 spiro atoms. The highest BCUT2D eigenvalue weighted by atomic mass is 16.6. The maximum atomic E-state index is 13.0. The smallest absolute Gasteiger partial charge is 0.412 e. The standard InChI is InChI=1S/C71H117N15O18/c1-44-18-20-53(21-19-44)82-67(97)104-54(42-100-63(93)74-28-24-70(14,15)34-47(4)38-78-65(95)102-51(8)40-98-61(91)72-26-22-68(10,11)32-45(2)36-76-59(89)85-57-80-49(6)30-55(87)83-57)43-101-64(94)75-29-25-71(16,17)35-48(5)39-79-66(96)103-52(9)41-99-62(92)73-27-23-69(12,13)33-46(3)37-77-60(90)86-58-81-50(7)31-56(88)84-58/h18-21,30-31,45-48,51-52,54H,22-29,32-43H2,1-17H3,(H,72,91)(H,73,92)(H,74,93)(H,75,94)(H,78,95)(H,79,96)(H,82,97)(H3,76,80,83,85,87,89)(H3,77,81,84,86,88,90). The first kappa shape index (κ1) is 88.6. The molecule has 584 valence electrons. The molecule has 33 nitrogen and oxygen atoms in total. The SMILES string of the molecule is Cc1ccc(NC(=O)OC(COC(=O)NCCC(C)(C)CC(C)CNC(=O)OC(C)COC(=O)NCCC(C)(C)CC(C)CNC(=O)Nc2nc(C)cc(=O)[nH]2)COC(=O)NCCC(C)(C)CC(C)CNC(=O)OC(C)COC(=O)NCCC(C)(C)CC(C)CNC(=O)Nc2nc(C)cc(=O)[nH]2)cc1. The molecule has 0 aliphatic rings. The van der Waals surface area contributed by atoms with E-state index in [9.17, 15) is 52.7 Å². The van der Waals surface area contributed by atoms with Crippen molar-refractivity contribution in [2.75, 3.05) is 94.7 Å². The highest BCUT2D eigenvalue weighted by molar-refractivity contribution is 5.88. The summed E-state index contributed by atoms with van der Waals surface area (Å²) in [6.07, 6.45) is -2.69. The zero-order chi connectivity index (χ0) is 77.8. The number of aryl methyl sites for hydroxylation is 3. The summed E-state index contributed by atoms with van der Waals surface area (Å²) in [6.45, 7) is 33.8. The van der Waals surface area contributed by atoms with E-state index in [1.54, 1.807) is 52.0 Å². The predicted molar refractivity (Wildman–Crippen MR) is 392 cm³/mol. The first-order chi connectivity index (χ1) is 48.6. The van der Waals surface area contributed by atoms with Crippen LogP contribution in [0.15, 0.2) is 46.0 Å². The highest BCUT2D eigenvalue weighted by Gasteiger charge is 2.28. The van der Waals surface area contributed by atoms with Crippen molar-refractivity contribution >= 4 is 72.3 Å². The molecule has 0 saturated carbocycles. The number of nitrogens with zero attached hydrogens (tertiary/aromatic N) is 2. The van der Waals surface area contributed by atoms with E-state index in [1.165, 1.54) is 12.1 Å². The van der Waals surface area contributed by atoms with E-state index in [0.717, 1.165) is 18.4 Å². The average Bonchev–Trinajstić information content (AvgIpc) is 1.50. The Balaban J connectivity index is 1.31. The molecule has 13 N–H and O–H groups in total. The Morgan fingerprint density at radius 1 is 0.394 bits per heavy atom. The molecule has 6 atom stereocenters. The number of alkyl carbamates (subject to hydrolysis) is 6. The summed E-state index contributed by atoms with van der Waals surface area (Å²) in [5, 5.41) is 29.7. The molecular weight excluding hydrogens is 1350 g/mol. The van der Waals surface area contributed by atoms with Crippen molar-refractivity contribution in [3.63, 3.8) is 0 Å². The number of hydrogen-bond donors (Lipinski definition) is 13. The average molecular weight is 1470 g/mol. The minimum Gasteiger partial charge on any atom is -0.446 e. The number of carbonyl (C=O) groups excluding carboxylic acids is 9. The zero-order valence-electron chi connectivity index (χ0n) is 63.9. The summed E-state index contributed by atoms with van der Waals surface area (Å²) in [6, 6.07) is 8.64. The van der Waals surface area contributed by atoms with Gasteiger partial charge in [0, 0.05) is 81.6 Å². The van der Waals surface area contributed by atoms with Crippen LogP contribution in [-0.4, -0.2) is 172 Å². The molecule has 2 heterocycles. The van der Waals surface area contributed by atoms with Crippen molar-refractivity contribution in [1.82, 2.24) is 62.5 Å². The lowest BCUT2D eigenvalue weighted by atomic mass is 9.80. The van der Waals surface area contributed by atoms with Gasteiger partial charge in [0.05, 0.1) is 0 Å². The normalized spacial score (nSPS) is 13.6. The number of anilines is 3. The van der Waals surface area contributed by atoms with Gasteiger partial charge in [-0.15, -0.1) is 0 Å². The predicted octanol–water partition coefficient (Wildman–Crippen LogP) is 10.2. The fraction of sp³-hybridized carbons (Fsp3) is 0.676. The Kier molecular flexibility index (Phi) is 37.6. The van der Waals surface area contributed by atoms with Crippen LogP contribution in [0.25, 0.3) is 0 Å². The summed E-state index contributed by atoms with van der Waals surface area (Å²) in [7, 11) is 0. The van der Waals surface area contributed by atoms with Gasteiger partial charge >= 0.3 is 54.7 Å². The van der Waals surface area contributed by atoms with Crippen LogP contribution in [0.5, 0.6) is 0 Å². The molecule has 6 unspecified atom stereocenters. The second kappa shape index (κ2) is 44.2. The van der Waals surface area contributed by atoms with Gasteiger partial charge in [-0.05, 0) is 143 Å². The van der Waals surface area contributed by atoms with Gasteiger partial charge in [-0.25, -0.2) is 53.1 Å². The number of nitrogens with one attached hydrogen (secondary N) is 13. The molecule has 0 aliphatic carbocycles. The topological polar surface area (TPSA) is 442 Å². The third kappa shape index (κ3) is 41.5. The van der Waals surface area contributed by atoms with Crippen molar-refractivity contribution < 1.29 is 76.3 Å². The third-order valence-corrected chi connectivity index (χ3v) is 16.4. The molecule has 11 amide bonds. The fourth-order valence-electron chi connectivity index (χ4n) is 11.6. The Hall–Kier alpha value is -9.59. The summed E-state index contributed by atoms with van der Waals surface area (Å²) in [5.41, 5.74) is 0.641. The second-order valence-electron chi connectivity index (χ2n) is 30.3. The first-order valence-electron chi connectivity index (χ1n) is 35.4. The van der Waals surface area contributed by atoms with Gasteiger partial charge in [0.1, 0.15) is 38.6 Å². The minimum atomic E-state index is -1.20. The van der Waals surface area contributed by atoms with E-state index in [1.807, 2.05) is 62.3 Å². The van der Waals surface area contributed by atoms with Crippen LogP contribution in [0.3, 0.4) is 0 Å². The number of rotatable bonds is 42. The number of benzene rings is 1. The molecule has 0 radical (unpaired) electrons. The largest absolute Gasteiger partial charge is 0.446 e. The van der Waals surface area contributed by atoms with Gasteiger partial charge in [-0.2, -0.15) is 0 Å². The van der Waals surface area contributed by atoms with E-state index in [2.05, 4.69) is 106 Å². The summed E-state index contributed by atoms with van der Waals surface area (Å²) >= 11 is 0. The van der Waals surface area contributed by atoms with Crippen LogP contribution in [0.4, 0.5) is 60.7 Å². The van der Waals surface area contributed by atoms with Crippen molar-refractivity contribution in [1.29, 1.82) is 0 Å². The number of amides is 11. The lowest BCUT2D eigenvalue weighted by Crippen LogP contribution is -2.37. The molecule has 2 aromatic heterocycles. The van der Waals surface area contributed by atoms with Gasteiger partial charge in [0.15, 0.2) is 6.10 Å². The molecular formula is C71H117N15O18. The zero-order valence-corrected chi connectivity index (χ0v) is 63.9. The molecule has 0 bridgehead atoms. The second-order valence-corrected chi connectivity index (χ2v) is 30.3. The van der Waals surface area contributed by atoms with Gasteiger partial charge in [-0.3, -0.25) is 35.5 Å². The molecule has 0 saturated heterocycles. The molecule has 3 rings (SSSR count). The number of H-pyrrole nitrogens is 2. The van der Waals surface area contributed by atoms with Crippen LogP contribution < -0.4 is 69.6 Å². The molecule has 3 aromatic rings. The number of carbonyl (C=O) groups is 9. The van der Waals surface area contributed by atoms with E-state index in [0.29, 0.717) is 81.8 Å². The third-order valence-electron chi connectivity index (χ3n) is 16.4. The van der Waals surface area contributed by atoms with Gasteiger partial charge in [0.2, 0.25) is 11.9 Å². The Bertz CT molecular complexity index is 3160. The lowest BCUT2D eigenvalue weighted by Gasteiger charge is -2.28. The summed E-state index contributed by atoms with van der Waals surface area (Å²) < 4.78 is 37.8. The van der Waals surface area contributed by atoms with E-state index in [-0.39, 0.29) is 108 Å². The van der Waals surface area contributed by atoms with E-state index in [4.69, 9.17) is 33.2 Å². The van der Waals surface area contributed by atoms with Crippen molar-refractivity contribution in [3.05, 3.63) is 74.1 Å². The summed E-state index contributed by atoms with van der Waals surface area (Å²) in [4.78, 5) is 150. The van der Waals surface area contributed by atoms with Crippen LogP contribution in [0.2, 0.25) is 0 Å². The van der Waals surface area contributed by atoms with Crippen molar-refractivity contribution in [2.45, 2.75) is 187 Å². The van der Waals surface area contributed by atoms with Gasteiger partial charge < -0.3 is 75.7 Å². The van der Waals surface area contributed by atoms with Gasteiger partial charge in [-0.1, -0.05) is 101 Å². The van der Waals surface area contributed by atoms with Gasteiger partial charge in [0.25, 0.3) is 11.1 Å². The van der Waals surface area contributed by atoms with Crippen LogP contribution in [0, 0.1) is 66.1 Å². The Morgan fingerprint density at radius 3 is 1.02 bits per heavy atom. The molecule has 0 aliphatic heterocycles. The Labute approximate surface area is 610 Å². The maximum absolute atomic E-state index is 13.0. The number of aromatic amines is 2. The maximum Gasteiger partial charge on any atom is 0.412 e. The van der Waals surface area contributed by atoms with Crippen LogP contribution >= 0.6 is 0 Å². The fourth-order valence-corrected chi connectivity index (χ4v) is 11.6. The number of hydrogen-bond acceptors (Lipinski definition) is 20. The first-order valence-corrected chi connectivity index (χ1v) is 35.4. The minimum absolute atomic E-state index is 0.00240.